The number of carbonyl (C=O) groups excluding carboxylic acids is 2. The van der Waals surface area contributed by atoms with E-state index in [4.69, 9.17) is 0 Å². The van der Waals surface area contributed by atoms with Gasteiger partial charge in [-0.25, -0.2) is 0 Å². The lowest BCUT2D eigenvalue weighted by atomic mass is 10.1. The van der Waals surface area contributed by atoms with Gasteiger partial charge >= 0.3 is 6.18 Å². The highest BCUT2D eigenvalue weighted by Gasteiger charge is 2.33. The molecule has 0 unspecified atom stereocenters. The number of hydrogen-bond acceptors (Lipinski definition) is 2. The van der Waals surface area contributed by atoms with Crippen LogP contribution in [0.25, 0.3) is 6.08 Å². The minimum atomic E-state index is -4.59. The lowest BCUT2D eigenvalue weighted by molar-refractivity contribution is -0.137. The molecule has 0 aromatic heterocycles. The number of halogens is 4. The van der Waals surface area contributed by atoms with Crippen LogP contribution in [0, 0.1) is 6.92 Å². The van der Waals surface area contributed by atoms with Gasteiger partial charge in [0.1, 0.15) is 0 Å². The van der Waals surface area contributed by atoms with Crippen molar-refractivity contribution in [3.05, 3.63) is 69.7 Å². The topological polar surface area (TPSA) is 49.4 Å². The molecule has 0 bridgehead atoms. The number of nitrogens with one attached hydrogen (secondary N) is 1. The van der Waals surface area contributed by atoms with Crippen molar-refractivity contribution in [1.29, 1.82) is 0 Å². The summed E-state index contributed by atoms with van der Waals surface area (Å²) in [5, 5.41) is 2.21. The molecule has 1 N–H and O–H groups in total. The third-order valence-corrected chi connectivity index (χ3v) is 4.51. The standard InChI is InChI=1S/C20H18BrF3N2O2/c1-13-7-8-14(16(21)11-13)9-10-19(28)26(2)12-18(27)25-17-6-4-3-5-15(17)20(22,23)24/h3-11H,12H2,1-2H3,(H,25,27)/b10-9+. The predicted octanol–water partition coefficient (Wildman–Crippen LogP) is 4.89. The SMILES string of the molecule is Cc1ccc(/C=C/C(=O)N(C)CC(=O)Nc2ccccc2C(F)(F)F)c(Br)c1. The molecular weight excluding hydrogens is 437 g/mol. The zero-order chi connectivity index (χ0) is 20.9. The maximum atomic E-state index is 13.0. The maximum absolute atomic E-state index is 13.0. The van der Waals surface area contributed by atoms with Crippen LogP contribution in [0.5, 0.6) is 0 Å². The smallest absolute Gasteiger partial charge is 0.333 e. The molecule has 0 atom stereocenters. The molecule has 2 aromatic carbocycles. The maximum Gasteiger partial charge on any atom is 0.418 e. The first-order valence-corrected chi connectivity index (χ1v) is 9.02. The third kappa shape index (κ3) is 5.95. The van der Waals surface area contributed by atoms with E-state index in [2.05, 4.69) is 21.2 Å². The first-order valence-electron chi connectivity index (χ1n) is 8.23. The second kappa shape index (κ2) is 9.05. The van der Waals surface area contributed by atoms with Gasteiger partial charge in [0, 0.05) is 17.6 Å². The second-order valence-electron chi connectivity index (χ2n) is 6.14. The normalized spacial score (nSPS) is 11.5. The van der Waals surface area contributed by atoms with Crippen LogP contribution in [0.15, 0.2) is 53.0 Å². The van der Waals surface area contributed by atoms with Gasteiger partial charge in [-0.05, 0) is 42.3 Å². The largest absolute Gasteiger partial charge is 0.418 e. The van der Waals surface area contributed by atoms with Gasteiger partial charge in [-0.15, -0.1) is 0 Å². The fourth-order valence-corrected chi connectivity index (χ4v) is 3.00. The van der Waals surface area contributed by atoms with Crippen molar-refractivity contribution in [2.75, 3.05) is 18.9 Å². The number of amides is 2. The van der Waals surface area contributed by atoms with E-state index in [9.17, 15) is 22.8 Å². The van der Waals surface area contributed by atoms with E-state index in [1.807, 2.05) is 25.1 Å². The molecule has 0 aliphatic rings. The van der Waals surface area contributed by atoms with Crippen LogP contribution >= 0.6 is 15.9 Å². The van der Waals surface area contributed by atoms with Crippen molar-refractivity contribution < 1.29 is 22.8 Å². The van der Waals surface area contributed by atoms with E-state index in [1.165, 1.54) is 25.3 Å². The van der Waals surface area contributed by atoms with Gasteiger partial charge in [0.25, 0.3) is 0 Å². The van der Waals surface area contributed by atoms with E-state index in [0.717, 1.165) is 32.6 Å². The Morgan fingerprint density at radius 2 is 1.86 bits per heavy atom. The molecule has 0 saturated carbocycles. The molecule has 0 spiro atoms. The number of anilines is 1. The molecule has 0 heterocycles. The number of para-hydroxylation sites is 1. The summed E-state index contributed by atoms with van der Waals surface area (Å²) < 4.78 is 39.8. The van der Waals surface area contributed by atoms with E-state index in [1.54, 1.807) is 6.08 Å². The Kier molecular flexibility index (Phi) is 7.01. The molecular formula is C20H18BrF3N2O2. The van der Waals surface area contributed by atoms with E-state index >= 15 is 0 Å². The Bertz CT molecular complexity index is 911. The molecule has 28 heavy (non-hydrogen) atoms. The summed E-state index contributed by atoms with van der Waals surface area (Å²) in [6.45, 7) is 1.55. The van der Waals surface area contributed by atoms with E-state index in [-0.39, 0.29) is 12.2 Å². The number of alkyl halides is 3. The molecule has 2 amide bonds. The van der Waals surface area contributed by atoms with Gasteiger partial charge in [0.05, 0.1) is 17.8 Å². The Morgan fingerprint density at radius 3 is 2.50 bits per heavy atom. The van der Waals surface area contributed by atoms with Gasteiger partial charge in [0.15, 0.2) is 0 Å². The Labute approximate surface area is 169 Å². The van der Waals surface area contributed by atoms with Crippen LogP contribution in [-0.2, 0) is 15.8 Å². The molecule has 4 nitrogen and oxygen atoms in total. The average molecular weight is 455 g/mol. The lowest BCUT2D eigenvalue weighted by Crippen LogP contribution is -2.34. The summed E-state index contributed by atoms with van der Waals surface area (Å²) >= 11 is 3.40. The van der Waals surface area contributed by atoms with E-state index in [0.29, 0.717) is 0 Å². The fraction of sp³-hybridized carbons (Fsp3) is 0.200. The highest BCUT2D eigenvalue weighted by molar-refractivity contribution is 9.10. The zero-order valence-corrected chi connectivity index (χ0v) is 16.8. The van der Waals surface area contributed by atoms with Crippen LogP contribution in [0.4, 0.5) is 18.9 Å². The summed E-state index contributed by atoms with van der Waals surface area (Å²) in [5.74, 6) is -1.18. The highest BCUT2D eigenvalue weighted by Crippen LogP contribution is 2.34. The fourth-order valence-electron chi connectivity index (χ4n) is 2.38. The molecule has 0 aliphatic carbocycles. The summed E-state index contributed by atoms with van der Waals surface area (Å²) in [6, 6.07) is 10.3. The summed E-state index contributed by atoms with van der Waals surface area (Å²) in [6.07, 6.45) is -1.69. The number of carbonyl (C=O) groups is 2. The van der Waals surface area contributed by atoms with Gasteiger partial charge in [-0.3, -0.25) is 9.59 Å². The van der Waals surface area contributed by atoms with Gasteiger partial charge in [0.2, 0.25) is 11.8 Å². The van der Waals surface area contributed by atoms with Crippen LogP contribution in [0.2, 0.25) is 0 Å². The molecule has 8 heteroatoms. The van der Waals surface area contributed by atoms with Gasteiger partial charge in [-0.1, -0.05) is 40.2 Å². The van der Waals surface area contributed by atoms with Crippen molar-refractivity contribution in [1.82, 2.24) is 4.90 Å². The summed E-state index contributed by atoms with van der Waals surface area (Å²) in [7, 11) is 1.39. The Balaban J connectivity index is 2.01. The molecule has 0 fully saturated rings. The number of aryl methyl sites for hydroxylation is 1. The predicted molar refractivity (Wildman–Crippen MR) is 106 cm³/mol. The number of hydrogen-bond donors (Lipinski definition) is 1. The number of likely N-dealkylation sites (N-methyl/N-ethyl adjacent to an activating group) is 1. The van der Waals surface area contributed by atoms with Gasteiger partial charge < -0.3 is 10.2 Å². The summed E-state index contributed by atoms with van der Waals surface area (Å²) in [5.41, 5.74) is 0.556. The number of benzene rings is 2. The van der Waals surface area contributed by atoms with Crippen molar-refractivity contribution in [3.63, 3.8) is 0 Å². The number of nitrogens with zero attached hydrogens (tertiary/aromatic N) is 1. The van der Waals surface area contributed by atoms with Crippen LogP contribution in [-0.4, -0.2) is 30.3 Å². The average Bonchev–Trinajstić information content (AvgIpc) is 2.60. The molecule has 0 saturated heterocycles. The third-order valence-electron chi connectivity index (χ3n) is 3.82. The monoisotopic (exact) mass is 454 g/mol. The quantitative estimate of drug-likeness (QED) is 0.654. The molecule has 148 valence electrons. The minimum absolute atomic E-state index is 0.347. The zero-order valence-electron chi connectivity index (χ0n) is 15.2. The van der Waals surface area contributed by atoms with Crippen LogP contribution in [0.3, 0.4) is 0 Å². The van der Waals surface area contributed by atoms with Crippen molar-refractivity contribution in [2.45, 2.75) is 13.1 Å². The molecule has 2 aromatic rings. The highest BCUT2D eigenvalue weighted by atomic mass is 79.9. The summed E-state index contributed by atoms with van der Waals surface area (Å²) in [4.78, 5) is 25.4. The molecule has 2 rings (SSSR count). The number of rotatable bonds is 5. The van der Waals surface area contributed by atoms with Crippen molar-refractivity contribution in [3.8, 4) is 0 Å². The molecule has 0 aliphatic heterocycles. The molecule has 0 radical (unpaired) electrons. The Morgan fingerprint density at radius 1 is 1.18 bits per heavy atom. The minimum Gasteiger partial charge on any atom is -0.333 e. The van der Waals surface area contributed by atoms with Gasteiger partial charge in [-0.2, -0.15) is 13.2 Å². The Hall–Kier alpha value is -2.61. The first kappa shape index (κ1) is 21.7. The van der Waals surface area contributed by atoms with E-state index < -0.39 is 23.6 Å². The van der Waals surface area contributed by atoms with Crippen molar-refractivity contribution >= 4 is 39.5 Å². The van der Waals surface area contributed by atoms with Crippen LogP contribution < -0.4 is 5.32 Å². The van der Waals surface area contributed by atoms with Crippen LogP contribution in [0.1, 0.15) is 16.7 Å². The first-order chi connectivity index (χ1) is 13.1. The lowest BCUT2D eigenvalue weighted by Gasteiger charge is -2.17. The van der Waals surface area contributed by atoms with Crippen molar-refractivity contribution in [2.24, 2.45) is 0 Å². The second-order valence-corrected chi connectivity index (χ2v) is 7.00.